The van der Waals surface area contributed by atoms with Crippen molar-refractivity contribution in [3.05, 3.63) is 22.7 Å². The van der Waals surface area contributed by atoms with Crippen molar-refractivity contribution in [3.63, 3.8) is 0 Å². The molecule has 1 saturated heterocycles. The first kappa shape index (κ1) is 14.5. The average Bonchev–Trinajstić information content (AvgIpc) is 2.57. The highest BCUT2D eigenvalue weighted by Gasteiger charge is 2.39. The number of thioether (sulfide) groups is 1. The minimum Gasteiger partial charge on any atom is -0.389 e. The van der Waals surface area contributed by atoms with Crippen molar-refractivity contribution < 1.29 is 24.0 Å². The second-order valence-corrected chi connectivity index (χ2v) is 6.37. The van der Waals surface area contributed by atoms with Crippen LogP contribution in [0.1, 0.15) is 11.8 Å². The zero-order valence-electron chi connectivity index (χ0n) is 9.49. The summed E-state index contributed by atoms with van der Waals surface area (Å²) in [6.07, 6.45) is 0.433. The number of aromatic nitrogens is 2. The summed E-state index contributed by atoms with van der Waals surface area (Å²) in [6, 6.07) is 1.42. The summed E-state index contributed by atoms with van der Waals surface area (Å²) in [7, 11) is -4.69. The molecule has 0 radical (unpaired) electrons. The van der Waals surface area contributed by atoms with Crippen molar-refractivity contribution in [2.75, 3.05) is 5.73 Å². The Morgan fingerprint density at radius 1 is 1.58 bits per heavy atom. The van der Waals surface area contributed by atoms with Gasteiger partial charge in [-0.3, -0.25) is 9.09 Å². The summed E-state index contributed by atoms with van der Waals surface area (Å²) in [5.74, 6) is 0.0767. The van der Waals surface area contributed by atoms with Crippen molar-refractivity contribution >= 4 is 25.4 Å². The SMILES string of the molecule is Nc1ccn([C@H]2C[C@H](O)[C@@H](OP(=O)(O)O)S2)c(=O)n1. The van der Waals surface area contributed by atoms with E-state index in [1.54, 1.807) is 0 Å². The van der Waals surface area contributed by atoms with Crippen LogP contribution < -0.4 is 11.4 Å². The molecular weight excluding hydrogens is 297 g/mol. The topological polar surface area (TPSA) is 148 Å². The molecule has 0 spiro atoms. The molecule has 3 atom stereocenters. The molecule has 1 aliphatic heterocycles. The number of nitrogens with zero attached hydrogens (tertiary/aromatic N) is 2. The molecule has 106 valence electrons. The third-order valence-electron chi connectivity index (χ3n) is 2.45. The lowest BCUT2D eigenvalue weighted by molar-refractivity contribution is 0.0674. The average molecular weight is 309 g/mol. The molecule has 0 unspecified atom stereocenters. The molecule has 2 heterocycles. The highest BCUT2D eigenvalue weighted by atomic mass is 32.2. The summed E-state index contributed by atoms with van der Waals surface area (Å²) in [4.78, 5) is 32.6. The van der Waals surface area contributed by atoms with Gasteiger partial charge in [0.05, 0.1) is 11.5 Å². The number of aliphatic hydroxyl groups excluding tert-OH is 1. The van der Waals surface area contributed by atoms with Crippen LogP contribution in [0.5, 0.6) is 0 Å². The first-order valence-corrected chi connectivity index (χ1v) is 7.66. The predicted molar refractivity (Wildman–Crippen MR) is 67.1 cm³/mol. The maximum absolute atomic E-state index is 11.6. The number of hydrogen-bond donors (Lipinski definition) is 4. The van der Waals surface area contributed by atoms with E-state index in [9.17, 15) is 14.5 Å². The van der Waals surface area contributed by atoms with E-state index in [1.807, 2.05) is 0 Å². The van der Waals surface area contributed by atoms with Gasteiger partial charge in [-0.2, -0.15) is 4.98 Å². The van der Waals surface area contributed by atoms with Gasteiger partial charge in [-0.25, -0.2) is 9.36 Å². The lowest BCUT2D eigenvalue weighted by atomic mass is 10.2. The number of nitrogens with two attached hydrogens (primary N) is 1. The van der Waals surface area contributed by atoms with E-state index < -0.39 is 30.4 Å². The number of nitrogen functional groups attached to an aromatic ring is 1. The number of aliphatic hydroxyl groups is 1. The summed E-state index contributed by atoms with van der Waals surface area (Å²) >= 11 is 0.936. The molecule has 0 saturated carbocycles. The Kier molecular flexibility index (Phi) is 4.00. The Morgan fingerprint density at radius 2 is 2.26 bits per heavy atom. The van der Waals surface area contributed by atoms with Crippen molar-refractivity contribution in [1.82, 2.24) is 9.55 Å². The highest BCUT2D eigenvalue weighted by molar-refractivity contribution is 8.00. The molecule has 1 aliphatic rings. The van der Waals surface area contributed by atoms with Crippen LogP contribution in [0.25, 0.3) is 0 Å². The van der Waals surface area contributed by atoms with Crippen LogP contribution in [0.3, 0.4) is 0 Å². The molecule has 5 N–H and O–H groups in total. The normalized spacial score (nSPS) is 27.6. The third kappa shape index (κ3) is 3.56. The first-order chi connectivity index (χ1) is 8.76. The van der Waals surface area contributed by atoms with Crippen LogP contribution in [0.15, 0.2) is 17.1 Å². The van der Waals surface area contributed by atoms with Gasteiger partial charge in [0, 0.05) is 12.6 Å². The lowest BCUT2D eigenvalue weighted by Gasteiger charge is -2.15. The molecule has 19 heavy (non-hydrogen) atoms. The van der Waals surface area contributed by atoms with Crippen LogP contribution in [0, 0.1) is 0 Å². The Labute approximate surface area is 111 Å². The minimum absolute atomic E-state index is 0.0767. The molecule has 0 aromatic carbocycles. The number of hydrogen-bond acceptors (Lipinski definition) is 7. The number of phosphoric ester groups is 1. The molecule has 0 amide bonds. The van der Waals surface area contributed by atoms with Crippen molar-refractivity contribution in [2.24, 2.45) is 0 Å². The van der Waals surface area contributed by atoms with Gasteiger partial charge in [-0.05, 0) is 6.07 Å². The van der Waals surface area contributed by atoms with Gasteiger partial charge in [0.15, 0.2) is 0 Å². The van der Waals surface area contributed by atoms with Crippen LogP contribution in [0.2, 0.25) is 0 Å². The van der Waals surface area contributed by atoms with Crippen LogP contribution >= 0.6 is 19.6 Å². The van der Waals surface area contributed by atoms with E-state index in [-0.39, 0.29) is 12.2 Å². The summed E-state index contributed by atoms with van der Waals surface area (Å²) in [5.41, 5.74) is 3.66. The van der Waals surface area contributed by atoms with E-state index in [0.717, 1.165) is 11.8 Å². The summed E-state index contributed by atoms with van der Waals surface area (Å²) in [5, 5.41) is 9.16. The van der Waals surface area contributed by atoms with E-state index in [4.69, 9.17) is 15.5 Å². The molecule has 0 bridgehead atoms. The maximum Gasteiger partial charge on any atom is 0.470 e. The molecule has 11 heteroatoms. The van der Waals surface area contributed by atoms with Gasteiger partial charge < -0.3 is 20.6 Å². The Bertz CT molecular complexity index is 574. The van der Waals surface area contributed by atoms with Crippen LogP contribution in [-0.4, -0.2) is 36.0 Å². The highest BCUT2D eigenvalue weighted by Crippen LogP contribution is 2.49. The molecular formula is C8H12N3O6PS. The summed E-state index contributed by atoms with van der Waals surface area (Å²) < 4.78 is 16.4. The van der Waals surface area contributed by atoms with Gasteiger partial charge in [-0.15, -0.1) is 11.8 Å². The van der Waals surface area contributed by atoms with Crippen LogP contribution in [-0.2, 0) is 9.09 Å². The molecule has 0 aliphatic carbocycles. The zero-order valence-corrected chi connectivity index (χ0v) is 11.2. The Hall–Kier alpha value is -0.900. The fraction of sp³-hybridized carbons (Fsp3) is 0.500. The van der Waals surface area contributed by atoms with Gasteiger partial charge in [0.25, 0.3) is 0 Å². The van der Waals surface area contributed by atoms with Crippen molar-refractivity contribution in [3.8, 4) is 0 Å². The van der Waals surface area contributed by atoms with Gasteiger partial charge in [0.2, 0.25) is 0 Å². The smallest absolute Gasteiger partial charge is 0.389 e. The second-order valence-electron chi connectivity index (χ2n) is 3.90. The fourth-order valence-electron chi connectivity index (χ4n) is 1.67. The molecule has 1 aromatic rings. The minimum atomic E-state index is -4.69. The van der Waals surface area contributed by atoms with Gasteiger partial charge in [-0.1, -0.05) is 0 Å². The fourth-order valence-corrected chi connectivity index (χ4v) is 3.82. The van der Waals surface area contributed by atoms with E-state index in [1.165, 1.54) is 16.8 Å². The van der Waals surface area contributed by atoms with Gasteiger partial charge >= 0.3 is 13.5 Å². The number of rotatable bonds is 3. The van der Waals surface area contributed by atoms with E-state index in [0.29, 0.717) is 0 Å². The largest absolute Gasteiger partial charge is 0.470 e. The molecule has 1 aromatic heterocycles. The standard InChI is InChI=1S/C8H12N3O6PS/c9-5-1-2-11(8(13)10-5)6-3-4(12)7(19-6)17-18(14,15)16/h1-2,4,6-7,12H,3H2,(H2,9,10,13)(H2,14,15,16)/t4-,6+,7-/m0/s1. The Morgan fingerprint density at radius 3 is 2.84 bits per heavy atom. The quantitative estimate of drug-likeness (QED) is 0.529. The Balaban J connectivity index is 2.16. The monoisotopic (exact) mass is 309 g/mol. The lowest BCUT2D eigenvalue weighted by Crippen LogP contribution is -2.25. The second kappa shape index (κ2) is 5.23. The first-order valence-electron chi connectivity index (χ1n) is 5.18. The molecule has 1 fully saturated rings. The maximum atomic E-state index is 11.6. The molecule has 2 rings (SSSR count). The number of anilines is 1. The molecule has 9 nitrogen and oxygen atoms in total. The van der Waals surface area contributed by atoms with Crippen molar-refractivity contribution in [1.29, 1.82) is 0 Å². The van der Waals surface area contributed by atoms with Gasteiger partial charge in [0.1, 0.15) is 11.3 Å². The number of phosphoric acid groups is 1. The van der Waals surface area contributed by atoms with Crippen LogP contribution in [0.4, 0.5) is 5.82 Å². The summed E-state index contributed by atoms with van der Waals surface area (Å²) in [6.45, 7) is 0. The third-order valence-corrected chi connectivity index (χ3v) is 4.51. The van der Waals surface area contributed by atoms with E-state index in [2.05, 4.69) is 9.51 Å². The van der Waals surface area contributed by atoms with E-state index >= 15 is 0 Å². The van der Waals surface area contributed by atoms with Crippen molar-refractivity contribution in [2.45, 2.75) is 23.3 Å². The predicted octanol–water partition coefficient (Wildman–Crippen LogP) is -0.743. The zero-order chi connectivity index (χ0) is 14.2.